The maximum absolute atomic E-state index is 11.7. The monoisotopic (exact) mass is 385 g/mol. The fourth-order valence-electron chi connectivity index (χ4n) is 3.29. The van der Waals surface area contributed by atoms with Crippen molar-refractivity contribution in [2.45, 2.75) is 129 Å². The van der Waals surface area contributed by atoms with Crippen LogP contribution in [-0.4, -0.2) is 34.2 Å². The molecule has 0 aromatic carbocycles. The molecule has 2 atom stereocenters. The molecule has 5 heteroatoms. The summed E-state index contributed by atoms with van der Waals surface area (Å²) in [4.78, 5) is 22.6. The summed E-state index contributed by atoms with van der Waals surface area (Å²) in [7, 11) is 0. The first-order valence-electron chi connectivity index (χ1n) is 11.2. The van der Waals surface area contributed by atoms with Crippen molar-refractivity contribution >= 4 is 11.9 Å². The lowest BCUT2D eigenvalue weighted by Crippen LogP contribution is -2.47. The van der Waals surface area contributed by atoms with Gasteiger partial charge in [0.05, 0.1) is 6.10 Å². The number of aliphatic hydroxyl groups excluding tert-OH is 1. The van der Waals surface area contributed by atoms with E-state index in [1.54, 1.807) is 0 Å². The van der Waals surface area contributed by atoms with Crippen LogP contribution in [0.5, 0.6) is 0 Å². The third-order valence-electron chi connectivity index (χ3n) is 5.07. The van der Waals surface area contributed by atoms with Crippen LogP contribution in [0.4, 0.5) is 0 Å². The first-order valence-corrected chi connectivity index (χ1v) is 11.2. The standard InChI is InChI=1S/C22H43NO4/c1-3-4-5-6-7-8-9-10-11-12-13-14-15-16-17-18-20(25)23-21(19(2)24)22(26)27/h19,21,24H,3-18H2,1-2H3,(H,23,25)(H,26,27)/t19?,21-/m0/s1. The number of carbonyl (C=O) groups is 2. The zero-order valence-electron chi connectivity index (χ0n) is 17.7. The molecular formula is C22H43NO4. The van der Waals surface area contributed by atoms with E-state index in [2.05, 4.69) is 12.2 Å². The van der Waals surface area contributed by atoms with Crippen molar-refractivity contribution in [2.24, 2.45) is 0 Å². The van der Waals surface area contributed by atoms with Gasteiger partial charge in [-0.1, -0.05) is 96.8 Å². The Bertz CT molecular complexity index is 371. The summed E-state index contributed by atoms with van der Waals surface area (Å²) in [5, 5.41) is 20.6. The molecule has 0 radical (unpaired) electrons. The molecule has 1 amide bonds. The van der Waals surface area contributed by atoms with Gasteiger partial charge in [0, 0.05) is 6.42 Å². The largest absolute Gasteiger partial charge is 0.480 e. The number of hydrogen-bond donors (Lipinski definition) is 3. The zero-order valence-corrected chi connectivity index (χ0v) is 17.7. The average Bonchev–Trinajstić information content (AvgIpc) is 2.62. The van der Waals surface area contributed by atoms with Gasteiger partial charge in [-0.25, -0.2) is 4.79 Å². The lowest BCUT2D eigenvalue weighted by molar-refractivity contribution is -0.144. The number of aliphatic carboxylic acids is 1. The number of nitrogens with one attached hydrogen (secondary N) is 1. The number of amides is 1. The minimum atomic E-state index is -1.21. The van der Waals surface area contributed by atoms with Crippen LogP contribution in [0.25, 0.3) is 0 Å². The molecule has 5 nitrogen and oxygen atoms in total. The Labute approximate surface area is 166 Å². The van der Waals surface area contributed by atoms with Crippen LogP contribution in [0.15, 0.2) is 0 Å². The van der Waals surface area contributed by atoms with Gasteiger partial charge in [0.15, 0.2) is 6.04 Å². The van der Waals surface area contributed by atoms with Crippen molar-refractivity contribution < 1.29 is 19.8 Å². The van der Waals surface area contributed by atoms with Crippen molar-refractivity contribution in [1.82, 2.24) is 5.32 Å². The molecule has 0 aromatic rings. The van der Waals surface area contributed by atoms with E-state index in [0.717, 1.165) is 19.3 Å². The van der Waals surface area contributed by atoms with E-state index in [0.29, 0.717) is 6.42 Å². The highest BCUT2D eigenvalue weighted by atomic mass is 16.4. The van der Waals surface area contributed by atoms with E-state index in [1.165, 1.54) is 84.0 Å². The molecule has 0 aliphatic carbocycles. The number of carboxylic acid groups (broad SMARTS) is 1. The van der Waals surface area contributed by atoms with Crippen molar-refractivity contribution in [3.63, 3.8) is 0 Å². The molecule has 0 aliphatic heterocycles. The SMILES string of the molecule is CCCCCCCCCCCCCCCCCC(=O)N[C@H](C(=O)O)C(C)O. The molecule has 0 bridgehead atoms. The summed E-state index contributed by atoms with van der Waals surface area (Å²) in [6.45, 7) is 3.62. The Morgan fingerprint density at radius 3 is 1.44 bits per heavy atom. The topological polar surface area (TPSA) is 86.6 Å². The Balaban J connectivity index is 3.35. The molecule has 0 saturated heterocycles. The fraction of sp³-hybridized carbons (Fsp3) is 0.909. The van der Waals surface area contributed by atoms with E-state index >= 15 is 0 Å². The summed E-state index contributed by atoms with van der Waals surface area (Å²) in [6.07, 6.45) is 18.3. The molecular weight excluding hydrogens is 342 g/mol. The van der Waals surface area contributed by atoms with Gasteiger partial charge in [0.2, 0.25) is 5.91 Å². The van der Waals surface area contributed by atoms with Crippen LogP contribution in [0.3, 0.4) is 0 Å². The summed E-state index contributed by atoms with van der Waals surface area (Å²) in [6, 6.07) is -1.21. The Morgan fingerprint density at radius 1 is 0.741 bits per heavy atom. The number of rotatable bonds is 19. The Morgan fingerprint density at radius 2 is 1.11 bits per heavy atom. The summed E-state index contributed by atoms with van der Waals surface area (Å²) in [5.74, 6) is -1.49. The Kier molecular flexibility index (Phi) is 17.5. The van der Waals surface area contributed by atoms with Gasteiger partial charge in [-0.2, -0.15) is 0 Å². The maximum Gasteiger partial charge on any atom is 0.328 e. The second-order valence-corrected chi connectivity index (χ2v) is 7.82. The first-order chi connectivity index (χ1) is 13.0. The van der Waals surface area contributed by atoms with Gasteiger partial charge >= 0.3 is 5.97 Å². The van der Waals surface area contributed by atoms with Crippen LogP contribution >= 0.6 is 0 Å². The number of carboxylic acids is 1. The molecule has 27 heavy (non-hydrogen) atoms. The lowest BCUT2D eigenvalue weighted by atomic mass is 10.0. The van der Waals surface area contributed by atoms with E-state index < -0.39 is 18.1 Å². The highest BCUT2D eigenvalue weighted by Gasteiger charge is 2.24. The van der Waals surface area contributed by atoms with E-state index in [-0.39, 0.29) is 5.91 Å². The van der Waals surface area contributed by atoms with Crippen molar-refractivity contribution in [3.8, 4) is 0 Å². The van der Waals surface area contributed by atoms with Gasteiger partial charge in [-0.15, -0.1) is 0 Å². The van der Waals surface area contributed by atoms with Crippen LogP contribution in [0, 0.1) is 0 Å². The molecule has 0 rings (SSSR count). The molecule has 160 valence electrons. The van der Waals surface area contributed by atoms with E-state index in [1.807, 2.05) is 0 Å². The Hall–Kier alpha value is -1.10. The average molecular weight is 386 g/mol. The minimum absolute atomic E-state index is 0.294. The minimum Gasteiger partial charge on any atom is -0.480 e. The number of carbonyl (C=O) groups excluding carboxylic acids is 1. The highest BCUT2D eigenvalue weighted by molar-refractivity contribution is 5.83. The summed E-state index contributed by atoms with van der Waals surface area (Å²) in [5.41, 5.74) is 0. The lowest BCUT2D eigenvalue weighted by Gasteiger charge is -2.16. The normalized spacial score (nSPS) is 13.3. The molecule has 0 spiro atoms. The van der Waals surface area contributed by atoms with E-state index in [9.17, 15) is 14.7 Å². The fourth-order valence-corrected chi connectivity index (χ4v) is 3.29. The van der Waals surface area contributed by atoms with Gasteiger partial charge in [0.25, 0.3) is 0 Å². The van der Waals surface area contributed by atoms with Crippen molar-refractivity contribution in [1.29, 1.82) is 0 Å². The summed E-state index contributed by atoms with van der Waals surface area (Å²) < 4.78 is 0. The van der Waals surface area contributed by atoms with Gasteiger partial charge in [-0.3, -0.25) is 4.79 Å². The second kappa shape index (κ2) is 18.3. The zero-order chi connectivity index (χ0) is 20.3. The smallest absolute Gasteiger partial charge is 0.328 e. The predicted octanol–water partition coefficient (Wildman–Crippen LogP) is 5.20. The quantitative estimate of drug-likeness (QED) is 0.267. The summed E-state index contributed by atoms with van der Waals surface area (Å²) >= 11 is 0. The van der Waals surface area contributed by atoms with Crippen molar-refractivity contribution in [2.75, 3.05) is 0 Å². The van der Waals surface area contributed by atoms with Crippen LogP contribution in [-0.2, 0) is 9.59 Å². The third-order valence-corrected chi connectivity index (χ3v) is 5.07. The van der Waals surface area contributed by atoms with Gasteiger partial charge in [-0.05, 0) is 13.3 Å². The number of unbranched alkanes of at least 4 members (excludes halogenated alkanes) is 14. The molecule has 1 unspecified atom stereocenters. The van der Waals surface area contributed by atoms with Gasteiger partial charge in [0.1, 0.15) is 0 Å². The van der Waals surface area contributed by atoms with Gasteiger partial charge < -0.3 is 15.5 Å². The molecule has 0 fully saturated rings. The van der Waals surface area contributed by atoms with Crippen molar-refractivity contribution in [3.05, 3.63) is 0 Å². The molecule has 3 N–H and O–H groups in total. The van der Waals surface area contributed by atoms with Crippen LogP contribution in [0.1, 0.15) is 117 Å². The highest BCUT2D eigenvalue weighted by Crippen LogP contribution is 2.13. The third kappa shape index (κ3) is 16.8. The maximum atomic E-state index is 11.7. The molecule has 0 saturated carbocycles. The number of aliphatic hydroxyl groups is 1. The number of hydrogen-bond acceptors (Lipinski definition) is 3. The molecule has 0 aliphatic rings. The first kappa shape index (κ1) is 25.9. The molecule has 0 aromatic heterocycles. The van der Waals surface area contributed by atoms with E-state index in [4.69, 9.17) is 5.11 Å². The second-order valence-electron chi connectivity index (χ2n) is 7.82. The predicted molar refractivity (Wildman–Crippen MR) is 111 cm³/mol. The van der Waals surface area contributed by atoms with Crippen LogP contribution < -0.4 is 5.32 Å². The van der Waals surface area contributed by atoms with Crippen LogP contribution in [0.2, 0.25) is 0 Å². The molecule has 0 heterocycles.